The molecule has 0 spiro atoms. The molecule has 10 aromatic carbocycles. The van der Waals surface area contributed by atoms with Gasteiger partial charge >= 0.3 is 0 Å². The number of nitrogens with zero attached hydrogens (tertiary/aromatic N) is 1. The molecule has 0 amide bonds. The highest BCUT2D eigenvalue weighted by molar-refractivity contribution is 6.17. The Hall–Kier alpha value is -7.16. The van der Waals surface area contributed by atoms with Gasteiger partial charge < -0.3 is 9.32 Å². The van der Waals surface area contributed by atoms with E-state index in [-0.39, 0.29) is 0 Å². The minimum atomic E-state index is 0.862. The highest BCUT2D eigenvalue weighted by Crippen LogP contribution is 2.46. The van der Waals surface area contributed by atoms with Gasteiger partial charge in [-0.05, 0) is 108 Å². The van der Waals surface area contributed by atoms with Gasteiger partial charge in [-0.1, -0.05) is 158 Å². The van der Waals surface area contributed by atoms with E-state index < -0.39 is 0 Å². The summed E-state index contributed by atoms with van der Waals surface area (Å²) in [6.07, 6.45) is 0. The summed E-state index contributed by atoms with van der Waals surface area (Å²) in [7, 11) is 0. The Balaban J connectivity index is 1.13. The van der Waals surface area contributed by atoms with Gasteiger partial charge in [-0.3, -0.25) is 0 Å². The molecule has 0 unspecified atom stereocenters. The first-order valence-corrected chi connectivity index (χ1v) is 18.5. The van der Waals surface area contributed by atoms with Gasteiger partial charge in [0.1, 0.15) is 5.58 Å². The van der Waals surface area contributed by atoms with Crippen molar-refractivity contribution in [2.24, 2.45) is 0 Å². The van der Waals surface area contributed by atoms with E-state index in [2.05, 4.69) is 199 Å². The monoisotopic (exact) mass is 687 g/mol. The SMILES string of the molecule is c1ccc(-c2ccc(N(c3ccc(-c4ccc5ccc6ccccc6c5c4)cc3)c3ccc4ccc5ccccc5c4c3)c3oc4ccccc4c23)cc1. The third kappa shape index (κ3) is 4.88. The van der Waals surface area contributed by atoms with Gasteiger partial charge in [0, 0.05) is 22.1 Å². The van der Waals surface area contributed by atoms with Crippen molar-refractivity contribution < 1.29 is 4.42 Å². The molecule has 0 aliphatic heterocycles. The second-order valence-corrected chi connectivity index (χ2v) is 14.1. The third-order valence-corrected chi connectivity index (χ3v) is 11.0. The van der Waals surface area contributed by atoms with Crippen LogP contribution in [0.3, 0.4) is 0 Å². The van der Waals surface area contributed by atoms with Crippen LogP contribution in [0.25, 0.3) is 87.3 Å². The van der Waals surface area contributed by atoms with Gasteiger partial charge in [-0.15, -0.1) is 0 Å². The summed E-state index contributed by atoms with van der Waals surface area (Å²) >= 11 is 0. The van der Waals surface area contributed by atoms with Crippen LogP contribution in [0.4, 0.5) is 17.1 Å². The van der Waals surface area contributed by atoms with Crippen molar-refractivity contribution in [2.75, 3.05) is 4.90 Å². The molecule has 0 bridgehead atoms. The zero-order valence-electron chi connectivity index (χ0n) is 29.4. The van der Waals surface area contributed by atoms with Crippen molar-refractivity contribution in [3.05, 3.63) is 200 Å². The van der Waals surface area contributed by atoms with Gasteiger partial charge in [-0.2, -0.15) is 0 Å². The number of para-hydroxylation sites is 1. The van der Waals surface area contributed by atoms with Crippen molar-refractivity contribution >= 4 is 82.1 Å². The predicted octanol–water partition coefficient (Wildman–Crippen LogP) is 15.0. The molecule has 1 aromatic heterocycles. The summed E-state index contributed by atoms with van der Waals surface area (Å²) in [4.78, 5) is 2.36. The standard InChI is InChI=1S/C52H33NO/c1-2-10-35(11-3-1)45-30-31-49(52-51(45)46-16-8-9-17-50(46)54-52)53(42-29-26-39-21-19-37-13-5-7-15-44(37)48(39)33-42)41-27-24-34(25-28-41)40-23-22-38-20-18-36-12-4-6-14-43(36)47(38)32-40/h1-33H. The lowest BCUT2D eigenvalue weighted by atomic mass is 9.96. The van der Waals surface area contributed by atoms with Crippen molar-refractivity contribution in [3.63, 3.8) is 0 Å². The van der Waals surface area contributed by atoms with Crippen molar-refractivity contribution in [1.82, 2.24) is 0 Å². The Kier molecular flexibility index (Phi) is 6.90. The van der Waals surface area contributed by atoms with Crippen molar-refractivity contribution in [2.45, 2.75) is 0 Å². The Morgan fingerprint density at radius 1 is 0.333 bits per heavy atom. The zero-order chi connectivity index (χ0) is 35.6. The molecule has 2 nitrogen and oxygen atoms in total. The second-order valence-electron chi connectivity index (χ2n) is 14.1. The van der Waals surface area contributed by atoms with E-state index in [4.69, 9.17) is 4.42 Å². The van der Waals surface area contributed by atoms with Crippen LogP contribution >= 0.6 is 0 Å². The number of furan rings is 1. The fourth-order valence-electron chi connectivity index (χ4n) is 8.39. The van der Waals surface area contributed by atoms with E-state index in [0.717, 1.165) is 50.1 Å². The quantitative estimate of drug-likeness (QED) is 0.168. The number of benzene rings is 10. The Bertz CT molecular complexity index is 3210. The topological polar surface area (TPSA) is 16.4 Å². The fraction of sp³-hybridized carbons (Fsp3) is 0. The fourth-order valence-corrected chi connectivity index (χ4v) is 8.39. The van der Waals surface area contributed by atoms with Crippen LogP contribution in [-0.4, -0.2) is 0 Å². The lowest BCUT2D eigenvalue weighted by Gasteiger charge is -2.27. The summed E-state index contributed by atoms with van der Waals surface area (Å²) in [6, 6.07) is 72.2. The molecule has 0 atom stereocenters. The first-order chi connectivity index (χ1) is 26.8. The Morgan fingerprint density at radius 2 is 0.870 bits per heavy atom. The normalized spacial score (nSPS) is 11.7. The molecule has 0 N–H and O–H groups in total. The molecular weight excluding hydrogens is 655 g/mol. The zero-order valence-corrected chi connectivity index (χ0v) is 29.4. The van der Waals surface area contributed by atoms with Crippen LogP contribution in [0, 0.1) is 0 Å². The summed E-state index contributed by atoms with van der Waals surface area (Å²) in [5, 5.41) is 12.2. The molecule has 54 heavy (non-hydrogen) atoms. The summed E-state index contributed by atoms with van der Waals surface area (Å²) in [6.45, 7) is 0. The molecule has 2 heteroatoms. The van der Waals surface area contributed by atoms with E-state index in [9.17, 15) is 0 Å². The minimum Gasteiger partial charge on any atom is -0.454 e. The molecule has 0 radical (unpaired) electrons. The largest absolute Gasteiger partial charge is 0.454 e. The molecular formula is C52H33NO. The van der Waals surface area contributed by atoms with E-state index in [1.54, 1.807) is 0 Å². The average molecular weight is 688 g/mol. The number of hydrogen-bond acceptors (Lipinski definition) is 2. The van der Waals surface area contributed by atoms with E-state index in [1.807, 2.05) is 6.07 Å². The number of rotatable bonds is 5. The van der Waals surface area contributed by atoms with E-state index in [0.29, 0.717) is 0 Å². The first kappa shape index (κ1) is 30.5. The second kappa shape index (κ2) is 12.2. The smallest absolute Gasteiger partial charge is 0.160 e. The van der Waals surface area contributed by atoms with Crippen LogP contribution in [0.5, 0.6) is 0 Å². The Morgan fingerprint density at radius 3 is 1.59 bits per heavy atom. The summed E-state index contributed by atoms with van der Waals surface area (Å²) in [5.74, 6) is 0. The Labute approximate surface area is 312 Å². The maximum atomic E-state index is 6.85. The van der Waals surface area contributed by atoms with Gasteiger partial charge in [0.25, 0.3) is 0 Å². The van der Waals surface area contributed by atoms with Gasteiger partial charge in [0.15, 0.2) is 5.58 Å². The van der Waals surface area contributed by atoms with E-state index in [1.165, 1.54) is 54.2 Å². The maximum Gasteiger partial charge on any atom is 0.160 e. The predicted molar refractivity (Wildman–Crippen MR) is 229 cm³/mol. The molecule has 0 fully saturated rings. The van der Waals surface area contributed by atoms with Crippen LogP contribution in [0.15, 0.2) is 205 Å². The molecule has 0 aliphatic rings. The van der Waals surface area contributed by atoms with Crippen molar-refractivity contribution in [3.8, 4) is 22.3 Å². The molecule has 0 saturated heterocycles. The minimum absolute atomic E-state index is 0.862. The number of anilines is 3. The van der Waals surface area contributed by atoms with Crippen LogP contribution in [0.2, 0.25) is 0 Å². The highest BCUT2D eigenvalue weighted by Gasteiger charge is 2.22. The van der Waals surface area contributed by atoms with Gasteiger partial charge in [0.2, 0.25) is 0 Å². The van der Waals surface area contributed by atoms with Gasteiger partial charge in [-0.25, -0.2) is 0 Å². The molecule has 252 valence electrons. The summed E-state index contributed by atoms with van der Waals surface area (Å²) in [5.41, 5.74) is 9.54. The maximum absolute atomic E-state index is 6.85. The third-order valence-electron chi connectivity index (χ3n) is 11.0. The average Bonchev–Trinajstić information content (AvgIpc) is 3.64. The first-order valence-electron chi connectivity index (χ1n) is 18.5. The van der Waals surface area contributed by atoms with Crippen LogP contribution in [-0.2, 0) is 0 Å². The van der Waals surface area contributed by atoms with Gasteiger partial charge in [0.05, 0.1) is 5.69 Å². The van der Waals surface area contributed by atoms with Crippen LogP contribution < -0.4 is 4.90 Å². The highest BCUT2D eigenvalue weighted by atomic mass is 16.3. The number of hydrogen-bond donors (Lipinski definition) is 0. The lowest BCUT2D eigenvalue weighted by Crippen LogP contribution is -2.10. The molecule has 1 heterocycles. The summed E-state index contributed by atoms with van der Waals surface area (Å²) < 4.78 is 6.85. The molecule has 11 aromatic rings. The molecule has 0 saturated carbocycles. The van der Waals surface area contributed by atoms with Crippen molar-refractivity contribution in [1.29, 1.82) is 0 Å². The number of fused-ring (bicyclic) bond motifs is 9. The molecule has 11 rings (SSSR count). The van der Waals surface area contributed by atoms with E-state index >= 15 is 0 Å². The van der Waals surface area contributed by atoms with Crippen LogP contribution in [0.1, 0.15) is 0 Å². The molecule has 0 aliphatic carbocycles. The lowest BCUT2D eigenvalue weighted by molar-refractivity contribution is 0.669.